The van der Waals surface area contributed by atoms with Crippen LogP contribution in [-0.2, 0) is 11.3 Å². The maximum Gasteiger partial charge on any atom is 0.410 e. The van der Waals surface area contributed by atoms with Gasteiger partial charge in [0.25, 0.3) is 0 Å². The predicted octanol–water partition coefficient (Wildman–Crippen LogP) is 0.929. The highest BCUT2D eigenvalue weighted by Crippen LogP contribution is 2.24. The van der Waals surface area contributed by atoms with Gasteiger partial charge in [0.2, 0.25) is 0 Å². The summed E-state index contributed by atoms with van der Waals surface area (Å²) in [6.07, 6.45) is -0.327. The van der Waals surface area contributed by atoms with Gasteiger partial charge in [-0.3, -0.25) is 4.90 Å². The molecule has 1 fully saturated rings. The van der Waals surface area contributed by atoms with E-state index in [-0.39, 0.29) is 6.09 Å². The molecule has 3 heterocycles. The molecule has 1 aliphatic heterocycles. The van der Waals surface area contributed by atoms with Crippen LogP contribution in [0.3, 0.4) is 0 Å². The molecule has 0 saturated carbocycles. The minimum atomic E-state index is -0.327. The van der Waals surface area contributed by atoms with Gasteiger partial charge in [-0.1, -0.05) is 0 Å². The van der Waals surface area contributed by atoms with E-state index in [0.717, 1.165) is 10.2 Å². The molecule has 2 aromatic rings. The number of carbonyl (C=O) groups is 1. The zero-order valence-corrected chi connectivity index (χ0v) is 10.2. The van der Waals surface area contributed by atoms with Crippen molar-refractivity contribution < 1.29 is 9.53 Å². The van der Waals surface area contributed by atoms with Gasteiger partial charge in [0.05, 0.1) is 18.5 Å². The highest BCUT2D eigenvalue weighted by Gasteiger charge is 2.23. The number of ether oxygens (including phenoxy) is 1. The number of cyclic esters (lactones) is 1. The van der Waals surface area contributed by atoms with Crippen LogP contribution in [0, 0.1) is 0 Å². The van der Waals surface area contributed by atoms with E-state index in [4.69, 9.17) is 10.6 Å². The first-order valence-corrected chi connectivity index (χ1v) is 6.28. The molecule has 1 aliphatic rings. The van der Waals surface area contributed by atoms with Crippen molar-refractivity contribution in [2.45, 2.75) is 6.54 Å². The highest BCUT2D eigenvalue weighted by atomic mass is 32.1. The van der Waals surface area contributed by atoms with Crippen molar-refractivity contribution in [1.82, 2.24) is 14.9 Å². The second-order valence-corrected chi connectivity index (χ2v) is 4.70. The van der Waals surface area contributed by atoms with Gasteiger partial charge >= 0.3 is 6.09 Å². The van der Waals surface area contributed by atoms with Crippen molar-refractivity contribution in [1.29, 1.82) is 0 Å². The van der Waals surface area contributed by atoms with Crippen LogP contribution in [0.5, 0.6) is 0 Å². The number of rotatable bonds is 3. The molecule has 0 aliphatic carbocycles. The van der Waals surface area contributed by atoms with Gasteiger partial charge < -0.3 is 10.2 Å². The predicted molar refractivity (Wildman–Crippen MR) is 67.0 cm³/mol. The fourth-order valence-electron chi connectivity index (χ4n) is 1.82. The molecular formula is C10H11N5O2S. The first kappa shape index (κ1) is 11.2. The zero-order chi connectivity index (χ0) is 12.5. The van der Waals surface area contributed by atoms with Crippen molar-refractivity contribution in [3.63, 3.8) is 0 Å². The number of carbonyl (C=O) groups excluding carboxylic acids is 1. The monoisotopic (exact) mass is 265 g/mol. The summed E-state index contributed by atoms with van der Waals surface area (Å²) in [5, 5.41) is 2.81. The molecule has 3 N–H and O–H groups in total. The quantitative estimate of drug-likeness (QED) is 0.633. The molecule has 0 spiro atoms. The Bertz CT molecular complexity index is 599. The lowest BCUT2D eigenvalue weighted by atomic mass is 10.3. The lowest BCUT2D eigenvalue weighted by Crippen LogP contribution is -2.25. The molecular weight excluding hydrogens is 254 g/mol. The topological polar surface area (TPSA) is 93.4 Å². The van der Waals surface area contributed by atoms with Crippen LogP contribution in [0.2, 0.25) is 0 Å². The number of aromatic nitrogens is 2. The Morgan fingerprint density at radius 1 is 1.56 bits per heavy atom. The van der Waals surface area contributed by atoms with E-state index in [1.165, 1.54) is 11.3 Å². The van der Waals surface area contributed by atoms with E-state index in [2.05, 4.69) is 15.4 Å². The van der Waals surface area contributed by atoms with Crippen molar-refractivity contribution in [3.05, 3.63) is 17.3 Å². The molecule has 0 aromatic carbocycles. The maximum atomic E-state index is 11.4. The van der Waals surface area contributed by atoms with Gasteiger partial charge in [-0.05, 0) is 11.4 Å². The van der Waals surface area contributed by atoms with E-state index in [1.807, 2.05) is 11.4 Å². The Kier molecular flexibility index (Phi) is 2.73. The summed E-state index contributed by atoms with van der Waals surface area (Å²) in [6.45, 7) is 1.32. The molecule has 3 rings (SSSR count). The molecule has 94 valence electrons. The number of anilines is 1. The summed E-state index contributed by atoms with van der Waals surface area (Å²) in [7, 11) is 0. The van der Waals surface area contributed by atoms with Crippen LogP contribution in [0.1, 0.15) is 5.82 Å². The Hall–Kier alpha value is -1.93. The van der Waals surface area contributed by atoms with E-state index in [1.54, 1.807) is 4.90 Å². The normalized spacial score (nSPS) is 15.2. The third-order valence-electron chi connectivity index (χ3n) is 2.69. The molecule has 0 unspecified atom stereocenters. The van der Waals surface area contributed by atoms with E-state index >= 15 is 0 Å². The molecule has 2 aromatic heterocycles. The Labute approximate surface area is 107 Å². The minimum Gasteiger partial charge on any atom is -0.448 e. The van der Waals surface area contributed by atoms with Gasteiger partial charge in [-0.25, -0.2) is 20.6 Å². The lowest BCUT2D eigenvalue weighted by Gasteiger charge is -2.12. The third-order valence-corrected chi connectivity index (χ3v) is 3.49. The summed E-state index contributed by atoms with van der Waals surface area (Å²) in [5.41, 5.74) is 2.55. The standard InChI is InChI=1S/C10H11N5O2S/c11-14-8-6-1-4-18-9(6)13-7(12-8)5-15-2-3-17-10(15)16/h1,4H,2-3,5,11H2,(H,12,13,14). The number of nitrogens with one attached hydrogen (secondary N) is 1. The van der Waals surface area contributed by atoms with Gasteiger partial charge in [0.1, 0.15) is 11.4 Å². The molecule has 1 amide bonds. The Balaban J connectivity index is 1.94. The van der Waals surface area contributed by atoms with E-state index < -0.39 is 0 Å². The van der Waals surface area contributed by atoms with Gasteiger partial charge in [0.15, 0.2) is 11.6 Å². The SMILES string of the molecule is NNc1nc(CN2CCOC2=O)nc2sccc12. The third kappa shape index (κ3) is 1.85. The summed E-state index contributed by atoms with van der Waals surface area (Å²) in [4.78, 5) is 22.5. The molecule has 8 heteroatoms. The summed E-state index contributed by atoms with van der Waals surface area (Å²) in [6, 6.07) is 1.91. The number of hydrogen-bond acceptors (Lipinski definition) is 7. The van der Waals surface area contributed by atoms with Crippen LogP contribution >= 0.6 is 11.3 Å². The van der Waals surface area contributed by atoms with E-state index in [9.17, 15) is 4.79 Å². The number of hydrogen-bond donors (Lipinski definition) is 2. The first-order chi connectivity index (χ1) is 8.78. The second kappa shape index (κ2) is 4.39. The second-order valence-electron chi connectivity index (χ2n) is 3.81. The summed E-state index contributed by atoms with van der Waals surface area (Å²) < 4.78 is 4.86. The molecule has 0 bridgehead atoms. The molecule has 0 radical (unpaired) electrons. The zero-order valence-electron chi connectivity index (χ0n) is 9.42. The number of nitrogens with two attached hydrogens (primary N) is 1. The largest absolute Gasteiger partial charge is 0.448 e. The molecule has 18 heavy (non-hydrogen) atoms. The fourth-order valence-corrected chi connectivity index (χ4v) is 2.60. The number of nitrogen functional groups attached to an aromatic ring is 1. The lowest BCUT2D eigenvalue weighted by molar-refractivity contribution is 0.156. The van der Waals surface area contributed by atoms with Gasteiger partial charge in [-0.15, -0.1) is 11.3 Å². The Morgan fingerprint density at radius 3 is 3.17 bits per heavy atom. The number of amides is 1. The molecule has 1 saturated heterocycles. The number of hydrazine groups is 1. The van der Waals surface area contributed by atoms with E-state index in [0.29, 0.717) is 31.3 Å². The molecule has 7 nitrogen and oxygen atoms in total. The highest BCUT2D eigenvalue weighted by molar-refractivity contribution is 7.16. The molecule has 0 atom stereocenters. The van der Waals surface area contributed by atoms with Crippen LogP contribution in [0.25, 0.3) is 10.2 Å². The van der Waals surface area contributed by atoms with Crippen LogP contribution < -0.4 is 11.3 Å². The number of thiophene rings is 1. The first-order valence-electron chi connectivity index (χ1n) is 5.40. The van der Waals surface area contributed by atoms with Crippen LogP contribution in [-0.4, -0.2) is 34.1 Å². The average molecular weight is 265 g/mol. The minimum absolute atomic E-state index is 0.327. The van der Waals surface area contributed by atoms with Gasteiger partial charge in [-0.2, -0.15) is 0 Å². The maximum absolute atomic E-state index is 11.4. The number of nitrogens with zero attached hydrogens (tertiary/aromatic N) is 3. The number of fused-ring (bicyclic) bond motifs is 1. The van der Waals surface area contributed by atoms with Crippen molar-refractivity contribution in [2.24, 2.45) is 5.84 Å². The average Bonchev–Trinajstić information content (AvgIpc) is 2.98. The van der Waals surface area contributed by atoms with Crippen molar-refractivity contribution in [3.8, 4) is 0 Å². The fraction of sp³-hybridized carbons (Fsp3) is 0.300. The summed E-state index contributed by atoms with van der Waals surface area (Å²) >= 11 is 1.51. The van der Waals surface area contributed by atoms with Gasteiger partial charge in [0, 0.05) is 0 Å². The van der Waals surface area contributed by atoms with Crippen molar-refractivity contribution >= 4 is 33.5 Å². The van der Waals surface area contributed by atoms with Crippen LogP contribution in [0.4, 0.5) is 10.6 Å². The smallest absolute Gasteiger partial charge is 0.410 e. The Morgan fingerprint density at radius 2 is 2.44 bits per heavy atom. The summed E-state index contributed by atoms with van der Waals surface area (Å²) in [5.74, 6) is 6.56. The van der Waals surface area contributed by atoms with Crippen molar-refractivity contribution in [2.75, 3.05) is 18.6 Å². The van der Waals surface area contributed by atoms with Crippen LogP contribution in [0.15, 0.2) is 11.4 Å².